The molecule has 1 saturated carbocycles. The van der Waals surface area contributed by atoms with E-state index in [1.54, 1.807) is 6.07 Å². The minimum absolute atomic E-state index is 0.0761. The van der Waals surface area contributed by atoms with E-state index in [0.29, 0.717) is 24.4 Å². The Morgan fingerprint density at radius 3 is 2.68 bits per heavy atom. The molecule has 4 heteroatoms. The standard InChI is InChI=1S/C15H17N3O/c16-9-10-3-1-2-4-12(10)15-13(17)7-8-14(19)18(15)11-5-6-11/h1-4,11,13,15H,5-8,17H2. The number of carbonyl (C=O) groups is 1. The van der Waals surface area contributed by atoms with Gasteiger partial charge in [-0.15, -0.1) is 0 Å². The number of hydrogen-bond donors (Lipinski definition) is 1. The molecule has 0 radical (unpaired) electrons. The largest absolute Gasteiger partial charge is 0.331 e. The van der Waals surface area contributed by atoms with Crippen molar-refractivity contribution in [3.8, 4) is 6.07 Å². The SMILES string of the molecule is N#Cc1ccccc1C1C(N)CCC(=O)N1C1CC1. The fourth-order valence-corrected chi connectivity index (χ4v) is 2.96. The molecular formula is C15H17N3O. The number of nitriles is 1. The first kappa shape index (κ1) is 12.2. The summed E-state index contributed by atoms with van der Waals surface area (Å²) in [6.07, 6.45) is 3.35. The van der Waals surface area contributed by atoms with Gasteiger partial charge >= 0.3 is 0 Å². The molecule has 19 heavy (non-hydrogen) atoms. The Kier molecular flexibility index (Phi) is 3.00. The zero-order chi connectivity index (χ0) is 13.4. The molecule has 2 aliphatic rings. The van der Waals surface area contributed by atoms with Gasteiger partial charge in [0.15, 0.2) is 0 Å². The fraction of sp³-hybridized carbons (Fsp3) is 0.467. The van der Waals surface area contributed by atoms with Gasteiger partial charge in [0.2, 0.25) is 5.91 Å². The zero-order valence-corrected chi connectivity index (χ0v) is 10.7. The van der Waals surface area contributed by atoms with E-state index in [2.05, 4.69) is 6.07 Å². The molecule has 0 bridgehead atoms. The van der Waals surface area contributed by atoms with Gasteiger partial charge in [-0.1, -0.05) is 18.2 Å². The molecule has 1 aliphatic heterocycles. The van der Waals surface area contributed by atoms with Crippen LogP contribution in [0.3, 0.4) is 0 Å². The quantitative estimate of drug-likeness (QED) is 0.874. The molecule has 4 nitrogen and oxygen atoms in total. The number of amides is 1. The molecule has 2 N–H and O–H groups in total. The molecular weight excluding hydrogens is 238 g/mol. The van der Waals surface area contributed by atoms with Gasteiger partial charge in [-0.05, 0) is 30.9 Å². The lowest BCUT2D eigenvalue weighted by atomic mass is 9.88. The Morgan fingerprint density at radius 2 is 2.00 bits per heavy atom. The molecule has 1 aliphatic carbocycles. The van der Waals surface area contributed by atoms with Gasteiger partial charge < -0.3 is 10.6 Å². The van der Waals surface area contributed by atoms with Gasteiger partial charge in [-0.2, -0.15) is 5.26 Å². The molecule has 2 unspecified atom stereocenters. The third-order valence-corrected chi connectivity index (χ3v) is 4.02. The van der Waals surface area contributed by atoms with Crippen LogP contribution >= 0.6 is 0 Å². The number of piperidine rings is 1. The van der Waals surface area contributed by atoms with Gasteiger partial charge in [0.05, 0.1) is 17.7 Å². The number of nitrogens with zero attached hydrogens (tertiary/aromatic N) is 2. The Morgan fingerprint density at radius 1 is 1.26 bits per heavy atom. The summed E-state index contributed by atoms with van der Waals surface area (Å²) < 4.78 is 0. The summed E-state index contributed by atoms with van der Waals surface area (Å²) in [5, 5.41) is 9.25. The maximum absolute atomic E-state index is 12.2. The van der Waals surface area contributed by atoms with Crippen LogP contribution in [0.4, 0.5) is 0 Å². The maximum atomic E-state index is 12.2. The van der Waals surface area contributed by atoms with E-state index < -0.39 is 0 Å². The first-order chi connectivity index (χ1) is 9.22. The molecule has 1 aromatic rings. The minimum Gasteiger partial charge on any atom is -0.331 e. The highest BCUT2D eigenvalue weighted by Gasteiger charge is 2.43. The summed E-state index contributed by atoms with van der Waals surface area (Å²) in [6.45, 7) is 0. The average Bonchev–Trinajstić information content (AvgIpc) is 3.25. The van der Waals surface area contributed by atoms with Gasteiger partial charge in [-0.25, -0.2) is 0 Å². The van der Waals surface area contributed by atoms with E-state index in [4.69, 9.17) is 5.73 Å². The van der Waals surface area contributed by atoms with Crippen molar-refractivity contribution in [1.82, 2.24) is 4.90 Å². The fourth-order valence-electron chi connectivity index (χ4n) is 2.96. The second kappa shape index (κ2) is 4.67. The van der Waals surface area contributed by atoms with Crippen molar-refractivity contribution in [3.63, 3.8) is 0 Å². The lowest BCUT2D eigenvalue weighted by Gasteiger charge is -2.40. The highest BCUT2D eigenvalue weighted by Crippen LogP contribution is 2.40. The normalized spacial score (nSPS) is 27.2. The number of rotatable bonds is 2. The molecule has 2 fully saturated rings. The first-order valence-electron chi connectivity index (χ1n) is 6.78. The molecule has 1 aromatic carbocycles. The van der Waals surface area contributed by atoms with Crippen LogP contribution in [0.2, 0.25) is 0 Å². The second-order valence-corrected chi connectivity index (χ2v) is 5.38. The Labute approximate surface area is 112 Å². The molecule has 0 spiro atoms. The number of hydrogen-bond acceptors (Lipinski definition) is 3. The summed E-state index contributed by atoms with van der Waals surface area (Å²) in [5.41, 5.74) is 7.78. The van der Waals surface area contributed by atoms with Crippen LogP contribution in [-0.4, -0.2) is 22.9 Å². The van der Waals surface area contributed by atoms with Crippen molar-refractivity contribution in [2.75, 3.05) is 0 Å². The Bertz CT molecular complexity index is 545. The number of likely N-dealkylation sites (tertiary alicyclic amines) is 1. The van der Waals surface area contributed by atoms with E-state index in [1.165, 1.54) is 0 Å². The van der Waals surface area contributed by atoms with Crippen LogP contribution in [0.25, 0.3) is 0 Å². The first-order valence-corrected chi connectivity index (χ1v) is 6.78. The van der Waals surface area contributed by atoms with Crippen LogP contribution in [0, 0.1) is 11.3 Å². The minimum atomic E-state index is -0.135. The van der Waals surface area contributed by atoms with Crippen molar-refractivity contribution in [2.24, 2.45) is 5.73 Å². The highest BCUT2D eigenvalue weighted by atomic mass is 16.2. The van der Waals surface area contributed by atoms with Crippen molar-refractivity contribution >= 4 is 5.91 Å². The lowest BCUT2D eigenvalue weighted by Crippen LogP contribution is -2.50. The molecule has 2 atom stereocenters. The monoisotopic (exact) mass is 255 g/mol. The molecule has 1 amide bonds. The summed E-state index contributed by atoms with van der Waals surface area (Å²) in [5.74, 6) is 0.182. The van der Waals surface area contributed by atoms with E-state index in [9.17, 15) is 10.1 Å². The highest BCUT2D eigenvalue weighted by molar-refractivity contribution is 5.78. The van der Waals surface area contributed by atoms with Crippen LogP contribution in [0.15, 0.2) is 24.3 Å². The lowest BCUT2D eigenvalue weighted by molar-refractivity contribution is -0.138. The van der Waals surface area contributed by atoms with E-state index >= 15 is 0 Å². The van der Waals surface area contributed by atoms with Gasteiger partial charge in [0, 0.05) is 18.5 Å². The predicted octanol–water partition coefficient (Wildman–Crippen LogP) is 1.71. The van der Waals surface area contributed by atoms with Crippen molar-refractivity contribution < 1.29 is 4.79 Å². The Hall–Kier alpha value is -1.86. The maximum Gasteiger partial charge on any atom is 0.223 e. The number of nitrogens with two attached hydrogens (primary N) is 1. The summed E-state index contributed by atoms with van der Waals surface area (Å²) in [4.78, 5) is 14.1. The van der Waals surface area contributed by atoms with Gasteiger partial charge in [-0.3, -0.25) is 4.79 Å². The molecule has 1 heterocycles. The van der Waals surface area contributed by atoms with Crippen molar-refractivity contribution in [3.05, 3.63) is 35.4 Å². The topological polar surface area (TPSA) is 70.1 Å². The van der Waals surface area contributed by atoms with Crippen LogP contribution in [-0.2, 0) is 4.79 Å². The predicted molar refractivity (Wildman–Crippen MR) is 71.0 cm³/mol. The molecule has 1 saturated heterocycles. The Balaban J connectivity index is 2.03. The summed E-state index contributed by atoms with van der Waals surface area (Å²) in [6, 6.07) is 9.82. The number of carbonyl (C=O) groups excluding carboxylic acids is 1. The van der Waals surface area contributed by atoms with E-state index in [-0.39, 0.29) is 18.0 Å². The van der Waals surface area contributed by atoms with Gasteiger partial charge in [0.1, 0.15) is 0 Å². The zero-order valence-electron chi connectivity index (χ0n) is 10.7. The van der Waals surface area contributed by atoms with E-state index in [1.807, 2.05) is 23.1 Å². The van der Waals surface area contributed by atoms with E-state index in [0.717, 1.165) is 18.4 Å². The smallest absolute Gasteiger partial charge is 0.223 e. The van der Waals surface area contributed by atoms with Gasteiger partial charge in [0.25, 0.3) is 0 Å². The average molecular weight is 255 g/mol. The summed E-state index contributed by atoms with van der Waals surface area (Å²) >= 11 is 0. The van der Waals surface area contributed by atoms with Crippen molar-refractivity contribution in [1.29, 1.82) is 5.26 Å². The van der Waals surface area contributed by atoms with Crippen molar-refractivity contribution in [2.45, 2.75) is 43.8 Å². The third kappa shape index (κ3) is 2.11. The molecule has 0 aromatic heterocycles. The van der Waals surface area contributed by atoms with Crippen LogP contribution < -0.4 is 5.73 Å². The van der Waals surface area contributed by atoms with Crippen LogP contribution in [0.5, 0.6) is 0 Å². The molecule has 3 rings (SSSR count). The second-order valence-electron chi connectivity index (χ2n) is 5.38. The summed E-state index contributed by atoms with van der Waals surface area (Å²) in [7, 11) is 0. The van der Waals surface area contributed by atoms with Crippen LogP contribution in [0.1, 0.15) is 42.9 Å². The third-order valence-electron chi connectivity index (χ3n) is 4.02. The molecule has 98 valence electrons. The number of benzene rings is 1.